The highest BCUT2D eigenvalue weighted by Gasteiger charge is 2.10. The summed E-state index contributed by atoms with van der Waals surface area (Å²) in [4.78, 5) is 22.9. The van der Waals surface area contributed by atoms with Crippen molar-refractivity contribution in [3.63, 3.8) is 0 Å². The monoisotopic (exact) mass is 365 g/mol. The van der Waals surface area contributed by atoms with Crippen molar-refractivity contribution in [3.05, 3.63) is 71.4 Å². The summed E-state index contributed by atoms with van der Waals surface area (Å²) in [6, 6.07) is 15.2. The lowest BCUT2D eigenvalue weighted by atomic mass is 10.1. The van der Waals surface area contributed by atoms with Crippen molar-refractivity contribution < 1.29 is 19.4 Å². The number of benzene rings is 2. The number of hydrogen-bond donors (Lipinski definition) is 3. The van der Waals surface area contributed by atoms with Gasteiger partial charge in [-0.2, -0.15) is 5.26 Å². The molecule has 7 nitrogen and oxygen atoms in total. The molecule has 0 bridgehead atoms. The molecule has 2 aromatic rings. The summed E-state index contributed by atoms with van der Waals surface area (Å²) in [5.41, 5.74) is 1.54. The third-order valence-electron chi connectivity index (χ3n) is 3.72. The number of nitrogens with zero attached hydrogens (tertiary/aromatic N) is 1. The molecule has 7 heteroatoms. The van der Waals surface area contributed by atoms with Gasteiger partial charge in [-0.1, -0.05) is 12.1 Å². The van der Waals surface area contributed by atoms with E-state index in [0.717, 1.165) is 17.7 Å². The number of nitrogens with one attached hydrogen (secondary N) is 2. The van der Waals surface area contributed by atoms with Gasteiger partial charge in [0.2, 0.25) is 0 Å². The van der Waals surface area contributed by atoms with E-state index in [1.165, 1.54) is 30.5 Å². The van der Waals surface area contributed by atoms with Gasteiger partial charge >= 0.3 is 5.97 Å². The van der Waals surface area contributed by atoms with E-state index in [2.05, 4.69) is 10.6 Å². The lowest BCUT2D eigenvalue weighted by Gasteiger charge is -2.06. The number of nitriles is 1. The number of carboxylic acid groups (broad SMARTS) is 1. The average molecular weight is 365 g/mol. The van der Waals surface area contributed by atoms with Gasteiger partial charge in [-0.05, 0) is 48.4 Å². The molecule has 0 radical (unpaired) electrons. The highest BCUT2D eigenvalue weighted by atomic mass is 16.5. The van der Waals surface area contributed by atoms with E-state index < -0.39 is 11.9 Å². The van der Waals surface area contributed by atoms with Crippen LogP contribution in [0.5, 0.6) is 5.75 Å². The van der Waals surface area contributed by atoms with Crippen LogP contribution in [0.25, 0.3) is 0 Å². The average Bonchev–Trinajstić information content (AvgIpc) is 2.68. The van der Waals surface area contributed by atoms with Crippen LogP contribution in [0, 0.1) is 11.3 Å². The number of hydrogen-bond acceptors (Lipinski definition) is 5. The summed E-state index contributed by atoms with van der Waals surface area (Å²) in [7, 11) is 1.61. The maximum Gasteiger partial charge on any atom is 0.335 e. The molecule has 138 valence electrons. The largest absolute Gasteiger partial charge is 0.497 e. The standard InChI is InChI=1S/C20H19N3O4/c1-27-18-8-2-14(3-9-18)10-11-22-13-16(12-21)19(24)23-17-6-4-15(5-7-17)20(25)26/h2-9,13,22H,10-11H2,1H3,(H,23,24)(H,25,26)/b16-13-. The second-order valence-corrected chi connectivity index (χ2v) is 5.56. The molecule has 0 saturated heterocycles. The molecule has 3 N–H and O–H groups in total. The number of carboxylic acids is 1. The van der Waals surface area contributed by atoms with Crippen molar-refractivity contribution >= 4 is 17.6 Å². The molecule has 0 spiro atoms. The Balaban J connectivity index is 1.87. The van der Waals surface area contributed by atoms with E-state index in [1.54, 1.807) is 7.11 Å². The van der Waals surface area contributed by atoms with E-state index in [9.17, 15) is 9.59 Å². The fourth-order valence-electron chi connectivity index (χ4n) is 2.23. The number of aromatic carboxylic acids is 1. The minimum Gasteiger partial charge on any atom is -0.497 e. The van der Waals surface area contributed by atoms with Gasteiger partial charge in [-0.25, -0.2) is 4.79 Å². The fourth-order valence-corrected chi connectivity index (χ4v) is 2.23. The highest BCUT2D eigenvalue weighted by Crippen LogP contribution is 2.12. The van der Waals surface area contributed by atoms with Crippen LogP contribution in [0.3, 0.4) is 0 Å². The van der Waals surface area contributed by atoms with Gasteiger partial charge in [0, 0.05) is 18.4 Å². The number of ether oxygens (including phenoxy) is 1. The fraction of sp³-hybridized carbons (Fsp3) is 0.150. The van der Waals surface area contributed by atoms with Crippen molar-refractivity contribution in [2.45, 2.75) is 6.42 Å². The Morgan fingerprint density at radius 2 is 1.81 bits per heavy atom. The maximum absolute atomic E-state index is 12.1. The van der Waals surface area contributed by atoms with Crippen LogP contribution < -0.4 is 15.4 Å². The van der Waals surface area contributed by atoms with E-state index in [0.29, 0.717) is 12.2 Å². The molecule has 0 fully saturated rings. The van der Waals surface area contributed by atoms with Crippen molar-refractivity contribution in [1.82, 2.24) is 5.32 Å². The SMILES string of the molecule is COc1ccc(CCN/C=C(/C#N)C(=O)Nc2ccc(C(=O)O)cc2)cc1. The highest BCUT2D eigenvalue weighted by molar-refractivity contribution is 6.06. The Bertz CT molecular complexity index is 866. The topological polar surface area (TPSA) is 111 Å². The molecule has 0 atom stereocenters. The van der Waals surface area contributed by atoms with E-state index in [1.807, 2.05) is 30.3 Å². The summed E-state index contributed by atoms with van der Waals surface area (Å²) in [6.45, 7) is 0.554. The Morgan fingerprint density at radius 1 is 1.15 bits per heavy atom. The first-order valence-corrected chi connectivity index (χ1v) is 8.15. The Morgan fingerprint density at radius 3 is 2.37 bits per heavy atom. The van der Waals surface area contributed by atoms with Crippen LogP contribution in [0.15, 0.2) is 60.3 Å². The summed E-state index contributed by atoms with van der Waals surface area (Å²) in [5.74, 6) is -0.838. The third-order valence-corrected chi connectivity index (χ3v) is 3.72. The molecule has 0 aliphatic rings. The van der Waals surface area contributed by atoms with Crippen LogP contribution in [-0.4, -0.2) is 30.6 Å². The zero-order valence-electron chi connectivity index (χ0n) is 14.7. The Hall–Kier alpha value is -3.79. The molecular formula is C20H19N3O4. The van der Waals surface area contributed by atoms with Crippen LogP contribution in [0.1, 0.15) is 15.9 Å². The van der Waals surface area contributed by atoms with Gasteiger partial charge in [0.25, 0.3) is 5.91 Å². The zero-order chi connectivity index (χ0) is 19.6. The van der Waals surface area contributed by atoms with Crippen LogP contribution in [-0.2, 0) is 11.2 Å². The number of anilines is 1. The minimum absolute atomic E-state index is 0.0768. The number of rotatable bonds is 8. The molecule has 0 aliphatic carbocycles. The predicted molar refractivity (Wildman–Crippen MR) is 100 cm³/mol. The quantitative estimate of drug-likeness (QED) is 0.377. The van der Waals surface area contributed by atoms with Crippen LogP contribution in [0.4, 0.5) is 5.69 Å². The van der Waals surface area contributed by atoms with Gasteiger partial charge in [-0.15, -0.1) is 0 Å². The van der Waals surface area contributed by atoms with Crippen molar-refractivity contribution in [3.8, 4) is 11.8 Å². The number of carbonyl (C=O) groups is 2. The molecule has 27 heavy (non-hydrogen) atoms. The molecular weight excluding hydrogens is 346 g/mol. The summed E-state index contributed by atoms with van der Waals surface area (Å²) in [6.07, 6.45) is 2.09. The van der Waals surface area contributed by atoms with Crippen molar-refractivity contribution in [2.24, 2.45) is 0 Å². The smallest absolute Gasteiger partial charge is 0.335 e. The molecule has 0 saturated carbocycles. The summed E-state index contributed by atoms with van der Waals surface area (Å²) < 4.78 is 5.10. The van der Waals surface area contributed by atoms with E-state index in [4.69, 9.17) is 15.1 Å². The zero-order valence-corrected chi connectivity index (χ0v) is 14.7. The Labute approximate surface area is 156 Å². The molecule has 2 rings (SSSR count). The predicted octanol–water partition coefficient (Wildman–Crippen LogP) is 2.57. The number of amides is 1. The maximum atomic E-state index is 12.1. The molecule has 0 unspecified atom stereocenters. The van der Waals surface area contributed by atoms with Gasteiger partial charge in [0.05, 0.1) is 12.7 Å². The number of methoxy groups -OCH3 is 1. The lowest BCUT2D eigenvalue weighted by molar-refractivity contribution is -0.112. The second-order valence-electron chi connectivity index (χ2n) is 5.56. The molecule has 0 aliphatic heterocycles. The van der Waals surface area contributed by atoms with Gasteiger partial charge in [-0.3, -0.25) is 4.79 Å². The molecule has 0 heterocycles. The first-order chi connectivity index (χ1) is 13.0. The minimum atomic E-state index is -1.05. The summed E-state index contributed by atoms with van der Waals surface area (Å²) in [5, 5.41) is 23.5. The van der Waals surface area contributed by atoms with Gasteiger partial charge in [0.1, 0.15) is 17.4 Å². The Kier molecular flexibility index (Phi) is 6.97. The molecule has 0 aromatic heterocycles. The lowest BCUT2D eigenvalue weighted by Crippen LogP contribution is -2.18. The first kappa shape index (κ1) is 19.5. The number of carbonyl (C=O) groups excluding carboxylic acids is 1. The van der Waals surface area contributed by atoms with Crippen LogP contribution >= 0.6 is 0 Å². The summed E-state index contributed by atoms with van der Waals surface area (Å²) >= 11 is 0. The first-order valence-electron chi connectivity index (χ1n) is 8.15. The van der Waals surface area contributed by atoms with Gasteiger partial charge < -0.3 is 20.5 Å². The van der Waals surface area contributed by atoms with Crippen molar-refractivity contribution in [1.29, 1.82) is 5.26 Å². The second kappa shape index (κ2) is 9.63. The van der Waals surface area contributed by atoms with E-state index >= 15 is 0 Å². The third kappa shape index (κ3) is 5.90. The van der Waals surface area contributed by atoms with Crippen molar-refractivity contribution in [2.75, 3.05) is 19.0 Å². The van der Waals surface area contributed by atoms with Gasteiger partial charge in [0.15, 0.2) is 0 Å². The molecule has 2 aromatic carbocycles. The van der Waals surface area contributed by atoms with Crippen LogP contribution in [0.2, 0.25) is 0 Å². The molecule has 1 amide bonds. The van der Waals surface area contributed by atoms with E-state index in [-0.39, 0.29) is 11.1 Å². The normalized spacial score (nSPS) is 10.6.